The first kappa shape index (κ1) is 17.7. The number of nitrogens with one attached hydrogen (secondary N) is 1. The highest BCUT2D eigenvalue weighted by molar-refractivity contribution is 6.17. The van der Waals surface area contributed by atoms with Crippen molar-refractivity contribution in [2.45, 2.75) is 34.6 Å². The standard InChI is InChI=1S/C18H17NO3.C2H6/c1-18(2,3)17(21)19-16-11(10-20)8-9-14-15(16)12-6-4-5-7-13(12)22-14;1-2/h4-10H,1-3H3,(H,19,21);1-2H3. The summed E-state index contributed by atoms with van der Waals surface area (Å²) < 4.78 is 5.79. The van der Waals surface area contributed by atoms with Crippen molar-refractivity contribution in [3.8, 4) is 0 Å². The Labute approximate surface area is 141 Å². The fourth-order valence-corrected chi connectivity index (χ4v) is 2.37. The molecule has 0 aliphatic carbocycles. The number of carbonyl (C=O) groups is 2. The molecule has 0 aliphatic heterocycles. The normalized spacial score (nSPS) is 11.0. The van der Waals surface area contributed by atoms with Crippen LogP contribution in [0.4, 0.5) is 5.69 Å². The van der Waals surface area contributed by atoms with Gasteiger partial charge in [0.15, 0.2) is 6.29 Å². The van der Waals surface area contributed by atoms with E-state index in [1.165, 1.54) is 0 Å². The number of hydrogen-bond acceptors (Lipinski definition) is 3. The summed E-state index contributed by atoms with van der Waals surface area (Å²) in [6.07, 6.45) is 0.749. The SMILES string of the molecule is CC.CC(C)(C)C(=O)Nc1c(C=O)ccc2oc3ccccc3c12. The maximum Gasteiger partial charge on any atom is 0.229 e. The molecule has 1 N–H and O–H groups in total. The van der Waals surface area contributed by atoms with Crippen LogP contribution in [0.25, 0.3) is 21.9 Å². The van der Waals surface area contributed by atoms with Gasteiger partial charge in [0.2, 0.25) is 5.91 Å². The van der Waals surface area contributed by atoms with Gasteiger partial charge in [-0.1, -0.05) is 52.8 Å². The zero-order chi connectivity index (χ0) is 17.9. The smallest absolute Gasteiger partial charge is 0.229 e. The molecular weight excluding hydrogens is 302 g/mol. The first-order valence-electron chi connectivity index (χ1n) is 8.12. The Kier molecular flexibility index (Phi) is 5.07. The minimum absolute atomic E-state index is 0.145. The molecule has 0 fully saturated rings. The molecule has 2 aromatic carbocycles. The molecule has 3 rings (SSSR count). The average molecular weight is 325 g/mol. The zero-order valence-corrected chi connectivity index (χ0v) is 14.8. The van der Waals surface area contributed by atoms with Crippen molar-refractivity contribution in [1.82, 2.24) is 0 Å². The Balaban J connectivity index is 0.00000100. The van der Waals surface area contributed by atoms with Gasteiger partial charge in [-0.05, 0) is 18.2 Å². The summed E-state index contributed by atoms with van der Waals surface area (Å²) in [5, 5.41) is 4.53. The lowest BCUT2D eigenvalue weighted by atomic mass is 9.95. The second-order valence-corrected chi connectivity index (χ2v) is 6.32. The van der Waals surface area contributed by atoms with Crippen molar-refractivity contribution >= 4 is 39.8 Å². The molecule has 1 amide bonds. The summed E-state index contributed by atoms with van der Waals surface area (Å²) >= 11 is 0. The molecule has 0 saturated carbocycles. The maximum absolute atomic E-state index is 12.3. The van der Waals surface area contributed by atoms with Crippen LogP contribution in [0.5, 0.6) is 0 Å². The van der Waals surface area contributed by atoms with Crippen LogP contribution in [0, 0.1) is 5.41 Å². The van der Waals surface area contributed by atoms with Crippen molar-refractivity contribution in [2.24, 2.45) is 5.41 Å². The lowest BCUT2D eigenvalue weighted by Crippen LogP contribution is -2.28. The highest BCUT2D eigenvalue weighted by atomic mass is 16.3. The number of anilines is 1. The predicted octanol–water partition coefficient (Wildman–Crippen LogP) is 5.41. The van der Waals surface area contributed by atoms with E-state index in [1.807, 2.05) is 58.9 Å². The van der Waals surface area contributed by atoms with Crippen LogP contribution < -0.4 is 5.32 Å². The van der Waals surface area contributed by atoms with E-state index in [0.29, 0.717) is 16.8 Å². The Morgan fingerprint density at radius 1 is 1.04 bits per heavy atom. The first-order chi connectivity index (χ1) is 11.4. The van der Waals surface area contributed by atoms with E-state index in [2.05, 4.69) is 5.32 Å². The number of para-hydroxylation sites is 1. The molecule has 3 aromatic rings. The van der Waals surface area contributed by atoms with Crippen molar-refractivity contribution < 1.29 is 14.0 Å². The van der Waals surface area contributed by atoms with E-state index in [-0.39, 0.29) is 5.91 Å². The van der Waals surface area contributed by atoms with E-state index in [4.69, 9.17) is 4.42 Å². The molecule has 4 nitrogen and oxygen atoms in total. The van der Waals surface area contributed by atoms with Crippen LogP contribution in [0.3, 0.4) is 0 Å². The monoisotopic (exact) mass is 325 g/mol. The molecule has 0 unspecified atom stereocenters. The molecule has 0 aliphatic rings. The fraction of sp³-hybridized carbons (Fsp3) is 0.300. The molecule has 1 aromatic heterocycles. The summed E-state index contributed by atoms with van der Waals surface area (Å²) in [5.74, 6) is -0.145. The number of rotatable bonds is 2. The highest BCUT2D eigenvalue weighted by Gasteiger charge is 2.24. The number of hydrogen-bond donors (Lipinski definition) is 1. The van der Waals surface area contributed by atoms with E-state index in [1.54, 1.807) is 12.1 Å². The lowest BCUT2D eigenvalue weighted by Gasteiger charge is -2.19. The van der Waals surface area contributed by atoms with Gasteiger partial charge in [-0.15, -0.1) is 0 Å². The number of carbonyl (C=O) groups excluding carboxylic acids is 2. The molecule has 0 radical (unpaired) electrons. The third kappa shape index (κ3) is 3.18. The Bertz CT molecular complexity index is 885. The summed E-state index contributed by atoms with van der Waals surface area (Å²) in [4.78, 5) is 23.7. The predicted molar refractivity (Wildman–Crippen MR) is 98.5 cm³/mol. The van der Waals surface area contributed by atoms with Crippen LogP contribution in [-0.4, -0.2) is 12.2 Å². The number of benzene rings is 2. The second-order valence-electron chi connectivity index (χ2n) is 6.32. The van der Waals surface area contributed by atoms with Crippen LogP contribution in [0.1, 0.15) is 45.0 Å². The van der Waals surface area contributed by atoms with Crippen LogP contribution in [0.2, 0.25) is 0 Å². The molecule has 4 heteroatoms. The van der Waals surface area contributed by atoms with Crippen LogP contribution >= 0.6 is 0 Å². The highest BCUT2D eigenvalue weighted by Crippen LogP contribution is 2.36. The Morgan fingerprint density at radius 3 is 2.33 bits per heavy atom. The molecule has 0 saturated heterocycles. The minimum Gasteiger partial charge on any atom is -0.456 e. The van der Waals surface area contributed by atoms with Gasteiger partial charge in [0.1, 0.15) is 11.2 Å². The molecule has 0 spiro atoms. The number of fused-ring (bicyclic) bond motifs is 3. The topological polar surface area (TPSA) is 59.3 Å². The van der Waals surface area contributed by atoms with Gasteiger partial charge in [0.05, 0.1) is 11.1 Å². The van der Waals surface area contributed by atoms with Crippen molar-refractivity contribution in [2.75, 3.05) is 5.32 Å². The van der Waals surface area contributed by atoms with Gasteiger partial charge in [-0.2, -0.15) is 0 Å². The van der Waals surface area contributed by atoms with Crippen molar-refractivity contribution in [1.29, 1.82) is 0 Å². The van der Waals surface area contributed by atoms with Gasteiger partial charge in [0.25, 0.3) is 0 Å². The van der Waals surface area contributed by atoms with Gasteiger partial charge in [-0.25, -0.2) is 0 Å². The summed E-state index contributed by atoms with van der Waals surface area (Å²) in [6, 6.07) is 11.0. The Morgan fingerprint density at radius 2 is 1.71 bits per heavy atom. The molecule has 126 valence electrons. The minimum atomic E-state index is -0.554. The lowest BCUT2D eigenvalue weighted by molar-refractivity contribution is -0.123. The van der Waals surface area contributed by atoms with E-state index < -0.39 is 5.41 Å². The number of furan rings is 1. The molecule has 0 bridgehead atoms. The third-order valence-electron chi connectivity index (χ3n) is 3.62. The van der Waals surface area contributed by atoms with E-state index >= 15 is 0 Å². The molecule has 1 heterocycles. The molecule has 0 atom stereocenters. The van der Waals surface area contributed by atoms with Crippen LogP contribution in [0.15, 0.2) is 40.8 Å². The zero-order valence-electron chi connectivity index (χ0n) is 14.8. The second kappa shape index (κ2) is 6.87. The average Bonchev–Trinajstić information content (AvgIpc) is 2.95. The first-order valence-corrected chi connectivity index (χ1v) is 8.12. The van der Waals surface area contributed by atoms with Gasteiger partial charge in [0, 0.05) is 16.4 Å². The van der Waals surface area contributed by atoms with Gasteiger partial charge in [-0.3, -0.25) is 9.59 Å². The summed E-state index contributed by atoms with van der Waals surface area (Å²) in [6.45, 7) is 9.49. The number of amides is 1. The number of aldehydes is 1. The van der Waals surface area contributed by atoms with E-state index in [0.717, 1.165) is 22.6 Å². The fourth-order valence-electron chi connectivity index (χ4n) is 2.37. The van der Waals surface area contributed by atoms with E-state index in [9.17, 15) is 9.59 Å². The Hall–Kier alpha value is -2.62. The summed E-state index contributed by atoms with van der Waals surface area (Å²) in [5.41, 5.74) is 1.78. The molecular formula is C20H23NO3. The van der Waals surface area contributed by atoms with Gasteiger partial charge < -0.3 is 9.73 Å². The van der Waals surface area contributed by atoms with Crippen molar-refractivity contribution in [3.05, 3.63) is 42.0 Å². The maximum atomic E-state index is 12.3. The molecule has 24 heavy (non-hydrogen) atoms. The van der Waals surface area contributed by atoms with Crippen molar-refractivity contribution in [3.63, 3.8) is 0 Å². The van der Waals surface area contributed by atoms with Gasteiger partial charge >= 0.3 is 0 Å². The third-order valence-corrected chi connectivity index (χ3v) is 3.62. The summed E-state index contributed by atoms with van der Waals surface area (Å²) in [7, 11) is 0. The largest absolute Gasteiger partial charge is 0.456 e. The van der Waals surface area contributed by atoms with Crippen LogP contribution in [-0.2, 0) is 4.79 Å². The quantitative estimate of drug-likeness (QED) is 0.641.